The van der Waals surface area contributed by atoms with Gasteiger partial charge in [0.25, 0.3) is 11.8 Å². The van der Waals surface area contributed by atoms with Crippen LogP contribution in [0.1, 0.15) is 71.5 Å². The van der Waals surface area contributed by atoms with Crippen molar-refractivity contribution >= 4 is 23.8 Å². The minimum atomic E-state index is -1.13. The first-order chi connectivity index (χ1) is 17.9. The lowest BCUT2D eigenvalue weighted by molar-refractivity contribution is -0.177. The molecule has 1 aliphatic heterocycles. The highest BCUT2D eigenvalue weighted by atomic mass is 16.8. The van der Waals surface area contributed by atoms with Gasteiger partial charge >= 0.3 is 6.16 Å². The van der Waals surface area contributed by atoms with Gasteiger partial charge in [0.2, 0.25) is 0 Å². The number of hydrogen-bond acceptors (Lipinski definition) is 8. The Morgan fingerprint density at radius 2 is 1.76 bits per heavy atom. The number of Topliss-reactive ketones (excluding diaryl/α,β-unsaturated/α-hetero) is 1. The molecule has 4 rings (SSSR count). The third-order valence-corrected chi connectivity index (χ3v) is 6.55. The van der Waals surface area contributed by atoms with Gasteiger partial charge in [-0.05, 0) is 48.4 Å². The molecule has 0 bridgehead atoms. The third-order valence-electron chi connectivity index (χ3n) is 6.55. The van der Waals surface area contributed by atoms with Crippen LogP contribution in [0.3, 0.4) is 0 Å². The summed E-state index contributed by atoms with van der Waals surface area (Å²) in [5.41, 5.74) is 5.19. The highest BCUT2D eigenvalue weighted by Crippen LogP contribution is 2.47. The monoisotopic (exact) mass is 509 g/mol. The Kier molecular flexibility index (Phi) is 8.68. The molecule has 9 heteroatoms. The van der Waals surface area contributed by atoms with Crippen molar-refractivity contribution in [2.75, 3.05) is 26.4 Å². The van der Waals surface area contributed by atoms with Crippen LogP contribution in [-0.2, 0) is 23.9 Å². The highest BCUT2D eigenvalue weighted by molar-refractivity contribution is 6.05. The third kappa shape index (κ3) is 6.06. The number of unbranched alkanes of at least 4 members (excludes halogenated alkanes) is 1. The molecule has 9 nitrogen and oxygen atoms in total. The van der Waals surface area contributed by atoms with E-state index in [2.05, 4.69) is 0 Å². The number of aliphatic hydroxyl groups excluding tert-OH is 1. The van der Waals surface area contributed by atoms with Crippen molar-refractivity contribution in [1.82, 2.24) is 5.06 Å². The van der Waals surface area contributed by atoms with E-state index in [0.717, 1.165) is 34.2 Å². The number of rotatable bonds is 12. The average molecular weight is 510 g/mol. The minimum Gasteiger partial charge on any atom is -0.432 e. The molecule has 0 spiro atoms. The number of fused-ring (bicyclic) bond motifs is 3. The number of carbonyl (C=O) groups excluding carboxylic acids is 4. The van der Waals surface area contributed by atoms with Crippen molar-refractivity contribution in [3.63, 3.8) is 0 Å². The Morgan fingerprint density at radius 1 is 1.00 bits per heavy atom. The zero-order valence-electron chi connectivity index (χ0n) is 20.9. The second-order valence-electron chi connectivity index (χ2n) is 9.22. The maximum atomic E-state index is 13.2. The second-order valence-corrected chi connectivity index (χ2v) is 9.22. The molecule has 2 aromatic carbocycles. The van der Waals surface area contributed by atoms with Crippen molar-refractivity contribution in [3.8, 4) is 11.1 Å². The molecule has 1 heterocycles. The number of ether oxygens (including phenoxy) is 2. The molecule has 1 atom stereocenters. The maximum Gasteiger partial charge on any atom is 0.533 e. The maximum absolute atomic E-state index is 13.2. The van der Waals surface area contributed by atoms with E-state index < -0.39 is 18.0 Å². The Morgan fingerprint density at radius 3 is 2.51 bits per heavy atom. The van der Waals surface area contributed by atoms with Gasteiger partial charge in [-0.3, -0.25) is 19.2 Å². The zero-order chi connectivity index (χ0) is 26.4. The van der Waals surface area contributed by atoms with E-state index in [1.165, 1.54) is 0 Å². The summed E-state index contributed by atoms with van der Waals surface area (Å²) in [5.74, 6) is -1.47. The van der Waals surface area contributed by atoms with Gasteiger partial charge in [-0.1, -0.05) is 47.0 Å². The van der Waals surface area contributed by atoms with E-state index in [0.29, 0.717) is 43.1 Å². The first kappa shape index (κ1) is 26.5. The molecule has 1 aliphatic carbocycles. The molecule has 2 aromatic rings. The minimum absolute atomic E-state index is 0.00140. The van der Waals surface area contributed by atoms with Crippen LogP contribution in [0.5, 0.6) is 0 Å². The molecular formula is C28H31NO8. The average Bonchev–Trinajstić information content (AvgIpc) is 3.37. The fourth-order valence-corrected chi connectivity index (χ4v) is 4.74. The lowest BCUT2D eigenvalue weighted by atomic mass is 9.93. The van der Waals surface area contributed by atoms with Gasteiger partial charge < -0.3 is 14.6 Å². The van der Waals surface area contributed by atoms with Crippen LogP contribution in [0.4, 0.5) is 4.79 Å². The largest absolute Gasteiger partial charge is 0.533 e. The number of carbonyl (C=O) groups is 4. The van der Waals surface area contributed by atoms with Gasteiger partial charge in [0, 0.05) is 50.6 Å². The van der Waals surface area contributed by atoms with E-state index in [1.807, 2.05) is 43.3 Å². The van der Waals surface area contributed by atoms with Gasteiger partial charge in [-0.25, -0.2) is 4.79 Å². The summed E-state index contributed by atoms with van der Waals surface area (Å²) < 4.78 is 10.9. The summed E-state index contributed by atoms with van der Waals surface area (Å²) in [7, 11) is 0. The number of imide groups is 1. The fraction of sp³-hybridized carbons (Fsp3) is 0.429. The highest BCUT2D eigenvalue weighted by Gasteiger charge is 2.35. The van der Waals surface area contributed by atoms with Crippen LogP contribution in [0, 0.1) is 6.92 Å². The van der Waals surface area contributed by atoms with Crippen molar-refractivity contribution in [1.29, 1.82) is 0 Å². The molecule has 1 saturated heterocycles. The van der Waals surface area contributed by atoms with Crippen LogP contribution in [-0.4, -0.2) is 60.4 Å². The van der Waals surface area contributed by atoms with Crippen molar-refractivity contribution in [3.05, 3.63) is 58.7 Å². The van der Waals surface area contributed by atoms with Gasteiger partial charge in [0.15, 0.2) is 5.78 Å². The van der Waals surface area contributed by atoms with Crippen LogP contribution >= 0.6 is 0 Å². The van der Waals surface area contributed by atoms with Crippen molar-refractivity contribution < 1.29 is 38.6 Å². The topological polar surface area (TPSA) is 119 Å². The molecule has 1 fully saturated rings. The number of hydroxylamine groups is 2. The summed E-state index contributed by atoms with van der Waals surface area (Å²) in [5, 5.41) is 9.28. The number of aryl methyl sites for hydroxylation is 1. The lowest BCUT2D eigenvalue weighted by Crippen LogP contribution is -2.32. The van der Waals surface area contributed by atoms with Crippen LogP contribution in [0.2, 0.25) is 0 Å². The summed E-state index contributed by atoms with van der Waals surface area (Å²) in [6.45, 7) is 3.08. The quantitative estimate of drug-likeness (QED) is 0.197. The van der Waals surface area contributed by atoms with Gasteiger partial charge in [0.1, 0.15) is 6.61 Å². The van der Waals surface area contributed by atoms with Crippen LogP contribution < -0.4 is 0 Å². The van der Waals surface area contributed by atoms with Crippen LogP contribution in [0.15, 0.2) is 36.4 Å². The number of nitrogens with zero attached hydrogens (tertiary/aromatic N) is 1. The summed E-state index contributed by atoms with van der Waals surface area (Å²) >= 11 is 0. The molecular weight excluding hydrogens is 478 g/mol. The van der Waals surface area contributed by atoms with E-state index in [-0.39, 0.29) is 37.8 Å². The Hall–Kier alpha value is -3.56. The predicted octanol–water partition coefficient (Wildman–Crippen LogP) is 4.08. The number of amides is 2. The normalized spacial score (nSPS) is 16.1. The lowest BCUT2D eigenvalue weighted by Gasteiger charge is -2.16. The van der Waals surface area contributed by atoms with E-state index in [9.17, 15) is 19.2 Å². The first-order valence-electron chi connectivity index (χ1n) is 12.6. The molecule has 2 amide bonds. The summed E-state index contributed by atoms with van der Waals surface area (Å²) in [4.78, 5) is 53.7. The molecule has 37 heavy (non-hydrogen) atoms. The van der Waals surface area contributed by atoms with Crippen LogP contribution in [0.25, 0.3) is 11.1 Å². The fourth-order valence-electron chi connectivity index (χ4n) is 4.74. The smallest absolute Gasteiger partial charge is 0.432 e. The Labute approximate surface area is 215 Å². The number of aliphatic hydroxyl groups is 1. The number of benzene rings is 2. The molecule has 0 saturated carbocycles. The Bertz CT molecular complexity index is 1170. The van der Waals surface area contributed by atoms with E-state index >= 15 is 0 Å². The molecule has 1 unspecified atom stereocenters. The van der Waals surface area contributed by atoms with Crippen molar-refractivity contribution in [2.45, 2.75) is 51.4 Å². The molecule has 0 aromatic heterocycles. The van der Waals surface area contributed by atoms with E-state index in [4.69, 9.17) is 19.4 Å². The summed E-state index contributed by atoms with van der Waals surface area (Å²) in [6.07, 6.45) is 1.29. The van der Waals surface area contributed by atoms with Gasteiger partial charge in [-0.2, -0.15) is 0 Å². The van der Waals surface area contributed by atoms with Gasteiger partial charge in [-0.15, -0.1) is 0 Å². The summed E-state index contributed by atoms with van der Waals surface area (Å²) in [6, 6.07) is 11.5. The molecule has 1 N–H and O–H groups in total. The zero-order valence-corrected chi connectivity index (χ0v) is 20.9. The Balaban J connectivity index is 1.46. The molecule has 196 valence electrons. The second kappa shape index (κ2) is 12.1. The SMILES string of the molecule is Cc1ccc2c(c1)C(COC(=O)ON1C(=O)CCC1=O)c1cccc(C(=O)CCCOCCCCO)c1-2. The molecule has 0 radical (unpaired) electrons. The number of hydrogen-bond donors (Lipinski definition) is 1. The standard InChI is InChI=1S/C28H31NO8/c1-18-9-10-20-22(16-18)23(17-36-28(34)37-29-25(32)11-12-26(29)33)19-6-4-7-21(27(19)20)24(31)8-5-15-35-14-3-2-13-30/h4,6-7,9-10,16,23,30H,2-3,5,8,11-15,17H2,1H3. The first-order valence-corrected chi connectivity index (χ1v) is 12.6. The predicted molar refractivity (Wildman–Crippen MR) is 133 cm³/mol. The van der Waals surface area contributed by atoms with Gasteiger partial charge in [0.05, 0.1) is 0 Å². The van der Waals surface area contributed by atoms with E-state index in [1.54, 1.807) is 0 Å². The van der Waals surface area contributed by atoms with Crippen molar-refractivity contribution in [2.24, 2.45) is 0 Å². The molecule has 2 aliphatic rings. The number of ketones is 1.